The van der Waals surface area contributed by atoms with Gasteiger partial charge in [-0.2, -0.15) is 0 Å². The summed E-state index contributed by atoms with van der Waals surface area (Å²) in [5.74, 6) is 0.556. The number of carbonyl (C=O) groups excluding carboxylic acids is 1. The van der Waals surface area contributed by atoms with E-state index in [-0.39, 0.29) is 6.79 Å². The summed E-state index contributed by atoms with van der Waals surface area (Å²) in [6, 6.07) is 9.85. The van der Waals surface area contributed by atoms with E-state index in [4.69, 9.17) is 18.9 Å². The zero-order valence-electron chi connectivity index (χ0n) is 15.6. The Morgan fingerprint density at radius 1 is 1.08 bits per heavy atom. The standard InChI is InChI=1S/C21H24O5/c1-6-17-14(2)18(21(22)26-13-23-4)20(24-5)15(3)19(17)25-12-16-10-8-7-9-11-16/h6-11H,1,12-13H2,2-5H3. The average molecular weight is 356 g/mol. The highest BCUT2D eigenvalue weighted by atomic mass is 16.7. The summed E-state index contributed by atoms with van der Waals surface area (Å²) >= 11 is 0. The van der Waals surface area contributed by atoms with Crippen LogP contribution in [-0.4, -0.2) is 27.0 Å². The monoisotopic (exact) mass is 356 g/mol. The molecule has 0 saturated heterocycles. The van der Waals surface area contributed by atoms with Crippen LogP contribution in [0.15, 0.2) is 36.9 Å². The molecule has 2 aromatic rings. The fraction of sp³-hybridized carbons (Fsp3) is 0.286. The van der Waals surface area contributed by atoms with Gasteiger partial charge in [-0.05, 0) is 25.0 Å². The van der Waals surface area contributed by atoms with Crippen molar-refractivity contribution in [1.82, 2.24) is 0 Å². The van der Waals surface area contributed by atoms with E-state index in [1.54, 1.807) is 6.08 Å². The van der Waals surface area contributed by atoms with Gasteiger partial charge in [-0.3, -0.25) is 0 Å². The number of methoxy groups -OCH3 is 2. The molecule has 0 heterocycles. The van der Waals surface area contributed by atoms with E-state index < -0.39 is 5.97 Å². The first kappa shape index (κ1) is 19.5. The second kappa shape index (κ2) is 9.06. The van der Waals surface area contributed by atoms with Gasteiger partial charge in [0.1, 0.15) is 23.7 Å². The normalized spacial score (nSPS) is 10.3. The largest absolute Gasteiger partial charge is 0.495 e. The Labute approximate surface area is 154 Å². The van der Waals surface area contributed by atoms with E-state index in [0.29, 0.717) is 34.8 Å². The fourth-order valence-corrected chi connectivity index (χ4v) is 2.81. The lowest BCUT2D eigenvalue weighted by molar-refractivity contribution is -0.0127. The number of rotatable bonds is 8. The van der Waals surface area contributed by atoms with Crippen molar-refractivity contribution in [2.45, 2.75) is 20.5 Å². The van der Waals surface area contributed by atoms with E-state index in [0.717, 1.165) is 11.1 Å². The van der Waals surface area contributed by atoms with Gasteiger partial charge in [0, 0.05) is 18.2 Å². The summed E-state index contributed by atoms with van der Waals surface area (Å²) in [4.78, 5) is 12.5. The van der Waals surface area contributed by atoms with Gasteiger partial charge >= 0.3 is 5.97 Å². The molecular weight excluding hydrogens is 332 g/mol. The van der Waals surface area contributed by atoms with Crippen molar-refractivity contribution in [3.8, 4) is 11.5 Å². The van der Waals surface area contributed by atoms with E-state index in [1.807, 2.05) is 44.2 Å². The van der Waals surface area contributed by atoms with Crippen LogP contribution in [0.5, 0.6) is 11.5 Å². The van der Waals surface area contributed by atoms with Gasteiger partial charge in [0.2, 0.25) is 0 Å². The van der Waals surface area contributed by atoms with Crippen LogP contribution in [-0.2, 0) is 16.1 Å². The van der Waals surface area contributed by atoms with Gasteiger partial charge in [0.05, 0.1) is 7.11 Å². The molecule has 0 aliphatic rings. The summed E-state index contributed by atoms with van der Waals surface area (Å²) in [5.41, 5.74) is 3.54. The molecule has 0 radical (unpaired) electrons. The van der Waals surface area contributed by atoms with Crippen molar-refractivity contribution in [3.05, 3.63) is 64.7 Å². The Kier molecular flexibility index (Phi) is 6.81. The number of benzene rings is 2. The maximum atomic E-state index is 12.5. The molecule has 0 N–H and O–H groups in total. The molecule has 0 amide bonds. The van der Waals surface area contributed by atoms with Crippen molar-refractivity contribution in [2.24, 2.45) is 0 Å². The topological polar surface area (TPSA) is 54.0 Å². The van der Waals surface area contributed by atoms with E-state index in [9.17, 15) is 4.79 Å². The molecule has 0 saturated carbocycles. The van der Waals surface area contributed by atoms with Crippen molar-refractivity contribution in [2.75, 3.05) is 21.0 Å². The lowest BCUT2D eigenvalue weighted by atomic mass is 9.96. The van der Waals surface area contributed by atoms with Gasteiger partial charge in [-0.15, -0.1) is 0 Å². The molecule has 2 rings (SSSR count). The third kappa shape index (κ3) is 4.06. The van der Waals surface area contributed by atoms with Crippen LogP contribution in [0, 0.1) is 13.8 Å². The third-order valence-electron chi connectivity index (χ3n) is 4.08. The highest BCUT2D eigenvalue weighted by molar-refractivity contribution is 5.97. The molecule has 138 valence electrons. The second-order valence-electron chi connectivity index (χ2n) is 5.72. The summed E-state index contributed by atoms with van der Waals surface area (Å²) in [7, 11) is 2.97. The van der Waals surface area contributed by atoms with Crippen molar-refractivity contribution in [1.29, 1.82) is 0 Å². The summed E-state index contributed by atoms with van der Waals surface area (Å²) in [6.07, 6.45) is 1.68. The Morgan fingerprint density at radius 2 is 1.77 bits per heavy atom. The van der Waals surface area contributed by atoms with Crippen molar-refractivity contribution in [3.63, 3.8) is 0 Å². The van der Waals surface area contributed by atoms with Gasteiger partial charge in [0.15, 0.2) is 6.79 Å². The van der Waals surface area contributed by atoms with Crippen LogP contribution < -0.4 is 9.47 Å². The van der Waals surface area contributed by atoms with Gasteiger partial charge < -0.3 is 18.9 Å². The molecule has 5 heteroatoms. The predicted octanol–water partition coefficient (Wildman–Crippen LogP) is 4.29. The Balaban J connectivity index is 2.47. The summed E-state index contributed by atoms with van der Waals surface area (Å²) < 4.78 is 21.5. The molecule has 2 aromatic carbocycles. The lowest BCUT2D eigenvalue weighted by Gasteiger charge is -2.21. The Bertz CT molecular complexity index is 781. The zero-order chi connectivity index (χ0) is 19.1. The van der Waals surface area contributed by atoms with Crippen LogP contribution in [0.2, 0.25) is 0 Å². The quantitative estimate of drug-likeness (QED) is 0.521. The fourth-order valence-electron chi connectivity index (χ4n) is 2.81. The Morgan fingerprint density at radius 3 is 2.35 bits per heavy atom. The summed E-state index contributed by atoms with van der Waals surface area (Å²) in [5, 5.41) is 0. The molecule has 0 fully saturated rings. The lowest BCUT2D eigenvalue weighted by Crippen LogP contribution is -2.14. The molecule has 0 atom stereocenters. The predicted molar refractivity (Wildman–Crippen MR) is 101 cm³/mol. The maximum Gasteiger partial charge on any atom is 0.344 e. The minimum atomic E-state index is -0.512. The highest BCUT2D eigenvalue weighted by Gasteiger charge is 2.25. The SMILES string of the molecule is C=Cc1c(C)c(C(=O)OCOC)c(OC)c(C)c1OCc1ccccc1. The van der Waals surface area contributed by atoms with Crippen molar-refractivity contribution < 1.29 is 23.7 Å². The van der Waals surface area contributed by atoms with Gasteiger partial charge in [0.25, 0.3) is 0 Å². The first-order valence-corrected chi connectivity index (χ1v) is 8.21. The Hall–Kier alpha value is -2.79. The van der Waals surface area contributed by atoms with E-state index >= 15 is 0 Å². The van der Waals surface area contributed by atoms with Crippen molar-refractivity contribution >= 4 is 12.0 Å². The number of carbonyl (C=O) groups is 1. The minimum Gasteiger partial charge on any atom is -0.495 e. The highest BCUT2D eigenvalue weighted by Crippen LogP contribution is 2.39. The number of hydrogen-bond acceptors (Lipinski definition) is 5. The third-order valence-corrected chi connectivity index (χ3v) is 4.08. The minimum absolute atomic E-state index is 0.129. The molecule has 0 unspecified atom stereocenters. The van der Waals surface area contributed by atoms with E-state index in [1.165, 1.54) is 14.2 Å². The van der Waals surface area contributed by atoms with Crippen LogP contribution in [0.25, 0.3) is 6.08 Å². The molecule has 0 aliphatic carbocycles. The smallest absolute Gasteiger partial charge is 0.344 e. The van der Waals surface area contributed by atoms with Crippen LogP contribution >= 0.6 is 0 Å². The summed E-state index contributed by atoms with van der Waals surface area (Å²) in [6.45, 7) is 7.80. The molecule has 5 nitrogen and oxygen atoms in total. The molecule has 26 heavy (non-hydrogen) atoms. The first-order valence-electron chi connectivity index (χ1n) is 8.21. The number of ether oxygens (including phenoxy) is 4. The molecule has 0 aliphatic heterocycles. The molecule has 0 spiro atoms. The molecule has 0 aromatic heterocycles. The first-order chi connectivity index (χ1) is 12.5. The van der Waals surface area contributed by atoms with E-state index in [2.05, 4.69) is 6.58 Å². The maximum absolute atomic E-state index is 12.5. The molecular formula is C21H24O5. The number of hydrogen-bond donors (Lipinski definition) is 0. The molecule has 0 bridgehead atoms. The van der Waals surface area contributed by atoms with Crippen LogP contribution in [0.4, 0.5) is 0 Å². The van der Waals surface area contributed by atoms with Gasteiger partial charge in [-0.1, -0.05) is 43.0 Å². The van der Waals surface area contributed by atoms with Crippen LogP contribution in [0.1, 0.15) is 32.6 Å². The second-order valence-corrected chi connectivity index (χ2v) is 5.72. The average Bonchev–Trinajstić information content (AvgIpc) is 2.66. The number of esters is 1. The van der Waals surface area contributed by atoms with Gasteiger partial charge in [-0.25, -0.2) is 4.79 Å². The zero-order valence-corrected chi connectivity index (χ0v) is 15.6. The van der Waals surface area contributed by atoms with Crippen LogP contribution in [0.3, 0.4) is 0 Å².